The van der Waals surface area contributed by atoms with Gasteiger partial charge in [0.2, 0.25) is 11.8 Å². The minimum Gasteiger partial charge on any atom is -0.342 e. The molecule has 0 radical (unpaired) electrons. The lowest BCUT2D eigenvalue weighted by Gasteiger charge is -2.32. The first-order chi connectivity index (χ1) is 15.0. The van der Waals surface area contributed by atoms with Gasteiger partial charge in [-0.15, -0.1) is 0 Å². The Morgan fingerprint density at radius 2 is 1.90 bits per heavy atom. The molecule has 31 heavy (non-hydrogen) atoms. The predicted octanol–water partition coefficient (Wildman–Crippen LogP) is 2.98. The third-order valence-corrected chi connectivity index (χ3v) is 6.10. The molecule has 0 aromatic carbocycles. The molecule has 1 aromatic heterocycles. The third-order valence-electron chi connectivity index (χ3n) is 6.10. The molecule has 1 unspecified atom stereocenters. The van der Waals surface area contributed by atoms with Crippen molar-refractivity contribution in [3.05, 3.63) is 23.9 Å². The fraction of sp³-hybridized carbons (Fsp3) is 0.652. The van der Waals surface area contributed by atoms with Gasteiger partial charge in [-0.25, -0.2) is 9.78 Å². The zero-order valence-corrected chi connectivity index (χ0v) is 18.5. The largest absolute Gasteiger partial charge is 0.342 e. The molecule has 2 fully saturated rings. The molecule has 0 spiro atoms. The normalized spacial score (nSPS) is 19.5. The Morgan fingerprint density at radius 1 is 1.10 bits per heavy atom. The second-order valence-electron chi connectivity index (χ2n) is 8.73. The van der Waals surface area contributed by atoms with Crippen LogP contribution in [0.3, 0.4) is 0 Å². The number of amides is 4. The van der Waals surface area contributed by atoms with Crippen molar-refractivity contribution in [2.75, 3.05) is 25.0 Å². The first-order valence-electron chi connectivity index (χ1n) is 11.6. The summed E-state index contributed by atoms with van der Waals surface area (Å²) in [5.74, 6) is 0.271. The molecular weight excluding hydrogens is 394 g/mol. The molecule has 170 valence electrons. The number of nitrogens with zero attached hydrogens (tertiary/aromatic N) is 2. The van der Waals surface area contributed by atoms with E-state index in [0.717, 1.165) is 31.2 Å². The van der Waals surface area contributed by atoms with Crippen LogP contribution in [0.5, 0.6) is 0 Å². The van der Waals surface area contributed by atoms with Crippen molar-refractivity contribution in [1.29, 1.82) is 0 Å². The van der Waals surface area contributed by atoms with E-state index < -0.39 is 0 Å². The Kier molecular flexibility index (Phi) is 8.67. The third kappa shape index (κ3) is 7.52. The van der Waals surface area contributed by atoms with Crippen LogP contribution in [0.25, 0.3) is 0 Å². The summed E-state index contributed by atoms with van der Waals surface area (Å²) < 4.78 is 0. The Balaban J connectivity index is 1.34. The number of rotatable bonds is 7. The van der Waals surface area contributed by atoms with E-state index in [1.54, 1.807) is 17.2 Å². The summed E-state index contributed by atoms with van der Waals surface area (Å²) in [5.41, 5.74) is 1.04. The Labute approximate surface area is 184 Å². The molecule has 0 bridgehead atoms. The van der Waals surface area contributed by atoms with Gasteiger partial charge in [0.05, 0.1) is 5.92 Å². The highest BCUT2D eigenvalue weighted by Gasteiger charge is 2.28. The van der Waals surface area contributed by atoms with Gasteiger partial charge in [-0.2, -0.15) is 0 Å². The second-order valence-corrected chi connectivity index (χ2v) is 8.73. The highest BCUT2D eigenvalue weighted by Crippen LogP contribution is 2.20. The lowest BCUT2D eigenvalue weighted by molar-refractivity contribution is -0.134. The standard InChI is InChI=1S/C23H35N5O3/c1-17-11-12-20(25-15-17)27-22(30)18-7-6-14-28(16-18)21(29)10-5-13-24-23(31)26-19-8-3-2-4-9-19/h11-12,15,18-19H,2-10,13-14,16H2,1H3,(H2,24,26,31)(H,25,27,30). The number of anilines is 1. The maximum absolute atomic E-state index is 12.6. The smallest absolute Gasteiger partial charge is 0.315 e. The number of nitrogens with one attached hydrogen (secondary N) is 3. The number of piperidine rings is 1. The Morgan fingerprint density at radius 3 is 2.65 bits per heavy atom. The van der Waals surface area contributed by atoms with Crippen LogP contribution in [0.1, 0.15) is 63.4 Å². The molecule has 2 aliphatic rings. The number of pyridine rings is 1. The van der Waals surface area contributed by atoms with Gasteiger partial charge >= 0.3 is 6.03 Å². The molecule has 2 heterocycles. The van der Waals surface area contributed by atoms with Crippen LogP contribution in [0.15, 0.2) is 18.3 Å². The van der Waals surface area contributed by atoms with E-state index in [1.807, 2.05) is 13.0 Å². The van der Waals surface area contributed by atoms with Crippen LogP contribution in [0.2, 0.25) is 0 Å². The summed E-state index contributed by atoms with van der Waals surface area (Å²) in [6, 6.07) is 3.83. The highest BCUT2D eigenvalue weighted by molar-refractivity contribution is 5.92. The number of aryl methyl sites for hydroxylation is 1. The number of likely N-dealkylation sites (tertiary alicyclic amines) is 1. The van der Waals surface area contributed by atoms with Crippen molar-refractivity contribution in [3.63, 3.8) is 0 Å². The first-order valence-corrected chi connectivity index (χ1v) is 11.6. The Bertz CT molecular complexity index is 746. The molecule has 1 atom stereocenters. The van der Waals surface area contributed by atoms with Crippen LogP contribution in [0.4, 0.5) is 10.6 Å². The summed E-state index contributed by atoms with van der Waals surface area (Å²) in [6.45, 7) is 3.54. The highest BCUT2D eigenvalue weighted by atomic mass is 16.2. The molecule has 4 amide bonds. The summed E-state index contributed by atoms with van der Waals surface area (Å²) in [4.78, 5) is 43.1. The maximum atomic E-state index is 12.6. The molecule has 1 saturated heterocycles. The van der Waals surface area contributed by atoms with Crippen molar-refractivity contribution < 1.29 is 14.4 Å². The van der Waals surface area contributed by atoms with Crippen molar-refractivity contribution in [2.24, 2.45) is 5.92 Å². The van der Waals surface area contributed by atoms with Crippen LogP contribution in [-0.2, 0) is 9.59 Å². The number of hydrogen-bond acceptors (Lipinski definition) is 4. The monoisotopic (exact) mass is 429 g/mol. The SMILES string of the molecule is Cc1ccc(NC(=O)C2CCCN(C(=O)CCCNC(=O)NC3CCCCC3)C2)nc1. The van der Waals surface area contributed by atoms with E-state index in [2.05, 4.69) is 20.9 Å². The molecule has 3 N–H and O–H groups in total. The summed E-state index contributed by atoms with van der Waals surface area (Å²) in [6.07, 6.45) is 9.98. The number of carbonyl (C=O) groups excluding carboxylic acids is 3. The summed E-state index contributed by atoms with van der Waals surface area (Å²) in [7, 11) is 0. The quantitative estimate of drug-likeness (QED) is 0.580. The fourth-order valence-electron chi connectivity index (χ4n) is 4.27. The van der Waals surface area contributed by atoms with E-state index in [-0.39, 0.29) is 29.8 Å². The molecule has 8 nitrogen and oxygen atoms in total. The Hall–Kier alpha value is -2.64. The van der Waals surface area contributed by atoms with Gasteiger partial charge in [0.25, 0.3) is 0 Å². The average Bonchev–Trinajstić information content (AvgIpc) is 2.79. The van der Waals surface area contributed by atoms with Gasteiger partial charge in [-0.3, -0.25) is 9.59 Å². The predicted molar refractivity (Wildman–Crippen MR) is 120 cm³/mol. The fourth-order valence-corrected chi connectivity index (χ4v) is 4.27. The van der Waals surface area contributed by atoms with Crippen LogP contribution < -0.4 is 16.0 Å². The second kappa shape index (κ2) is 11.7. The number of urea groups is 1. The lowest BCUT2D eigenvalue weighted by Crippen LogP contribution is -2.44. The number of hydrogen-bond donors (Lipinski definition) is 3. The molecule has 1 saturated carbocycles. The van der Waals surface area contributed by atoms with E-state index in [0.29, 0.717) is 38.3 Å². The maximum Gasteiger partial charge on any atom is 0.315 e. The van der Waals surface area contributed by atoms with Crippen molar-refractivity contribution in [3.8, 4) is 0 Å². The van der Waals surface area contributed by atoms with Crippen LogP contribution in [-0.4, -0.2) is 53.4 Å². The van der Waals surface area contributed by atoms with Crippen molar-refractivity contribution in [1.82, 2.24) is 20.5 Å². The zero-order valence-electron chi connectivity index (χ0n) is 18.5. The van der Waals surface area contributed by atoms with Gasteiger partial charge in [0, 0.05) is 38.3 Å². The minimum atomic E-state index is -0.222. The van der Waals surface area contributed by atoms with Gasteiger partial charge in [-0.05, 0) is 50.7 Å². The van der Waals surface area contributed by atoms with E-state index in [1.165, 1.54) is 19.3 Å². The van der Waals surface area contributed by atoms with Gasteiger partial charge in [0.1, 0.15) is 5.82 Å². The molecule has 3 rings (SSSR count). The van der Waals surface area contributed by atoms with Crippen molar-refractivity contribution >= 4 is 23.7 Å². The van der Waals surface area contributed by atoms with E-state index in [4.69, 9.17) is 0 Å². The lowest BCUT2D eigenvalue weighted by atomic mass is 9.96. The van der Waals surface area contributed by atoms with Gasteiger partial charge < -0.3 is 20.9 Å². The number of carbonyl (C=O) groups is 3. The minimum absolute atomic E-state index is 0.0421. The van der Waals surface area contributed by atoms with Crippen LogP contribution >= 0.6 is 0 Å². The van der Waals surface area contributed by atoms with E-state index in [9.17, 15) is 14.4 Å². The summed E-state index contributed by atoms with van der Waals surface area (Å²) >= 11 is 0. The first kappa shape index (κ1) is 23.0. The van der Waals surface area contributed by atoms with Crippen molar-refractivity contribution in [2.45, 2.75) is 70.8 Å². The van der Waals surface area contributed by atoms with Gasteiger partial charge in [-0.1, -0.05) is 25.3 Å². The van der Waals surface area contributed by atoms with E-state index >= 15 is 0 Å². The molecule has 8 heteroatoms. The van der Waals surface area contributed by atoms with Crippen LogP contribution in [0, 0.1) is 12.8 Å². The zero-order chi connectivity index (χ0) is 22.1. The average molecular weight is 430 g/mol. The summed E-state index contributed by atoms with van der Waals surface area (Å²) in [5, 5.41) is 8.73. The molecule has 1 aromatic rings. The topological polar surface area (TPSA) is 103 Å². The molecular formula is C23H35N5O3. The number of aromatic nitrogens is 1. The molecule has 1 aliphatic carbocycles. The molecule has 1 aliphatic heterocycles. The van der Waals surface area contributed by atoms with Gasteiger partial charge in [0.15, 0.2) is 0 Å².